The molecule has 1 aromatic heterocycles. The highest BCUT2D eigenvalue weighted by Gasteiger charge is 2.71. The molecule has 2 saturated heterocycles. The summed E-state index contributed by atoms with van der Waals surface area (Å²) < 4.78 is 20.1. The van der Waals surface area contributed by atoms with Crippen LogP contribution in [-0.2, 0) is 31.2 Å². The van der Waals surface area contributed by atoms with Gasteiger partial charge in [-0.15, -0.1) is 0 Å². The molecular formula is C45H38ClFN6O6. The maximum absolute atomic E-state index is 15.2. The van der Waals surface area contributed by atoms with Crippen LogP contribution in [0.15, 0.2) is 135 Å². The van der Waals surface area contributed by atoms with Gasteiger partial charge in [-0.25, -0.2) is 4.39 Å². The lowest BCUT2D eigenvalue weighted by Gasteiger charge is -2.49. The first-order valence-corrected chi connectivity index (χ1v) is 19.6. The van der Waals surface area contributed by atoms with E-state index in [1.165, 1.54) is 29.2 Å². The number of nitrogens with one attached hydrogen (secondary N) is 1. The molecular weight excluding hydrogens is 775 g/mol. The highest BCUT2D eigenvalue weighted by Crippen LogP contribution is 2.64. The van der Waals surface area contributed by atoms with Crippen LogP contribution in [-0.4, -0.2) is 47.8 Å². The van der Waals surface area contributed by atoms with Crippen molar-refractivity contribution >= 4 is 63.7 Å². The number of amides is 4. The standard InChI is InChI=1S/C45H38ClFN6O6/c1-51(2)31-15-11-28(12-16-31)48-49-29-13-17-32(18-14-29)52-41(55)35-21-20-34-36(39(35)43(52)57)23-37-42(56)53(50-30-9-7-27(47)8-10-30)44(58)45(37,25-3-5-26(46)6-4-25)40(34)38-22-19-33(24-54)59-38/h3-20,22,35-37,39-40,50,54H,21,23-24H2,1-2H3. The average Bonchev–Trinajstić information content (AvgIpc) is 3.89. The number of benzene rings is 4. The number of hydrogen-bond donors (Lipinski definition) is 2. The summed E-state index contributed by atoms with van der Waals surface area (Å²) in [5.74, 6) is -5.97. The zero-order valence-electron chi connectivity index (χ0n) is 32.0. The van der Waals surface area contributed by atoms with E-state index < -0.39 is 65.2 Å². The van der Waals surface area contributed by atoms with Gasteiger partial charge < -0.3 is 14.4 Å². The SMILES string of the molecule is CN(C)c1ccc(N=Nc2ccc(N3C(=O)C4CC=C5C(CC6C(=O)N(Nc7ccc(F)cc7)C(=O)C6(c6ccc(Cl)cc6)C5c5ccc(CO)o5)C4C3=O)cc2)cc1. The predicted octanol–water partition coefficient (Wildman–Crippen LogP) is 8.24. The molecule has 4 aromatic carbocycles. The molecule has 4 amide bonds. The molecule has 298 valence electrons. The second-order valence-corrected chi connectivity index (χ2v) is 15.9. The highest BCUT2D eigenvalue weighted by atomic mass is 35.5. The van der Waals surface area contributed by atoms with Crippen LogP contribution >= 0.6 is 11.6 Å². The van der Waals surface area contributed by atoms with E-state index >= 15 is 4.79 Å². The van der Waals surface area contributed by atoms with Crippen molar-refractivity contribution in [1.29, 1.82) is 0 Å². The Labute approximate surface area is 343 Å². The number of carbonyl (C=O) groups excluding carboxylic acids is 4. The second kappa shape index (κ2) is 14.7. The highest BCUT2D eigenvalue weighted by molar-refractivity contribution is 6.30. The molecule has 6 unspecified atom stereocenters. The summed E-state index contributed by atoms with van der Waals surface area (Å²) in [5.41, 5.74) is 5.44. The summed E-state index contributed by atoms with van der Waals surface area (Å²) >= 11 is 6.36. The third-order valence-corrected chi connectivity index (χ3v) is 12.4. The monoisotopic (exact) mass is 812 g/mol. The summed E-state index contributed by atoms with van der Waals surface area (Å²) in [5, 5.41) is 20.1. The van der Waals surface area contributed by atoms with Crippen LogP contribution in [0, 0.1) is 29.5 Å². The van der Waals surface area contributed by atoms with Crippen molar-refractivity contribution in [2.75, 3.05) is 29.3 Å². The van der Waals surface area contributed by atoms with Gasteiger partial charge in [-0.1, -0.05) is 35.4 Å². The molecule has 0 spiro atoms. The molecule has 4 aliphatic rings. The zero-order chi connectivity index (χ0) is 41.2. The second-order valence-electron chi connectivity index (χ2n) is 15.5. The minimum absolute atomic E-state index is 0.0631. The number of anilines is 3. The fraction of sp³-hybridized carbons (Fsp3) is 0.244. The van der Waals surface area contributed by atoms with E-state index in [9.17, 15) is 23.9 Å². The molecule has 6 atom stereocenters. The number of hydrazine groups is 1. The molecule has 0 radical (unpaired) electrons. The van der Waals surface area contributed by atoms with Crippen LogP contribution in [0.4, 0.5) is 32.8 Å². The summed E-state index contributed by atoms with van der Waals surface area (Å²) in [6.45, 7) is -0.408. The number of imide groups is 2. The Kier molecular flexibility index (Phi) is 9.52. The van der Waals surface area contributed by atoms with Gasteiger partial charge in [0.05, 0.1) is 46.4 Å². The number of carbonyl (C=O) groups is 4. The number of rotatable bonds is 9. The van der Waals surface area contributed by atoms with E-state index in [-0.39, 0.29) is 24.5 Å². The molecule has 2 aliphatic heterocycles. The Morgan fingerprint density at radius 1 is 0.831 bits per heavy atom. The minimum atomic E-state index is -1.60. The molecule has 5 aromatic rings. The van der Waals surface area contributed by atoms with E-state index in [0.717, 1.165) is 10.7 Å². The van der Waals surface area contributed by atoms with Crippen molar-refractivity contribution in [2.24, 2.45) is 33.9 Å². The number of allylic oxidation sites excluding steroid dienone is 2. The third kappa shape index (κ3) is 6.23. The first-order valence-electron chi connectivity index (χ1n) is 19.2. The van der Waals surface area contributed by atoms with Gasteiger partial charge in [-0.2, -0.15) is 15.2 Å². The number of halogens is 2. The Morgan fingerprint density at radius 3 is 2.12 bits per heavy atom. The number of fused-ring (bicyclic) bond motifs is 4. The molecule has 0 bridgehead atoms. The van der Waals surface area contributed by atoms with Gasteiger partial charge in [0, 0.05) is 24.8 Å². The first-order chi connectivity index (χ1) is 28.5. The van der Waals surface area contributed by atoms with Crippen molar-refractivity contribution in [1.82, 2.24) is 5.01 Å². The molecule has 1 saturated carbocycles. The van der Waals surface area contributed by atoms with Crippen molar-refractivity contribution in [2.45, 2.75) is 30.8 Å². The van der Waals surface area contributed by atoms with Gasteiger partial charge in [0.1, 0.15) is 29.4 Å². The number of aliphatic hydroxyl groups excluding tert-OH is 1. The smallest absolute Gasteiger partial charge is 0.260 e. The van der Waals surface area contributed by atoms with Crippen LogP contribution in [0.3, 0.4) is 0 Å². The minimum Gasteiger partial charge on any atom is -0.463 e. The Balaban J connectivity index is 1.09. The quantitative estimate of drug-likeness (QED) is 0.0860. The van der Waals surface area contributed by atoms with Gasteiger partial charge in [0.25, 0.3) is 11.8 Å². The number of azo groups is 1. The van der Waals surface area contributed by atoms with Crippen molar-refractivity contribution < 1.29 is 33.1 Å². The Morgan fingerprint density at radius 2 is 1.49 bits per heavy atom. The molecule has 3 heterocycles. The fourth-order valence-corrected chi connectivity index (χ4v) is 9.58. The van der Waals surface area contributed by atoms with Crippen LogP contribution in [0.2, 0.25) is 5.02 Å². The third-order valence-electron chi connectivity index (χ3n) is 12.1. The Bertz CT molecular complexity index is 2540. The van der Waals surface area contributed by atoms with Crippen molar-refractivity contribution in [3.63, 3.8) is 0 Å². The van der Waals surface area contributed by atoms with Crippen LogP contribution in [0.5, 0.6) is 0 Å². The summed E-state index contributed by atoms with van der Waals surface area (Å²) in [6.07, 6.45) is 2.19. The number of furan rings is 1. The van der Waals surface area contributed by atoms with E-state index in [1.807, 2.05) is 49.3 Å². The van der Waals surface area contributed by atoms with E-state index in [0.29, 0.717) is 44.7 Å². The molecule has 2 aliphatic carbocycles. The van der Waals surface area contributed by atoms with Crippen LogP contribution in [0.25, 0.3) is 0 Å². The summed E-state index contributed by atoms with van der Waals surface area (Å²) in [6, 6.07) is 29.6. The summed E-state index contributed by atoms with van der Waals surface area (Å²) in [7, 11) is 3.91. The lowest BCUT2D eigenvalue weighted by molar-refractivity contribution is -0.138. The molecule has 3 fully saturated rings. The van der Waals surface area contributed by atoms with E-state index in [1.54, 1.807) is 60.7 Å². The molecule has 59 heavy (non-hydrogen) atoms. The van der Waals surface area contributed by atoms with Gasteiger partial charge >= 0.3 is 0 Å². The maximum atomic E-state index is 15.2. The number of nitrogens with zero attached hydrogens (tertiary/aromatic N) is 5. The van der Waals surface area contributed by atoms with Gasteiger partial charge in [-0.05, 0) is 121 Å². The summed E-state index contributed by atoms with van der Waals surface area (Å²) in [4.78, 5) is 62.1. The van der Waals surface area contributed by atoms with E-state index in [4.69, 9.17) is 16.0 Å². The van der Waals surface area contributed by atoms with Crippen LogP contribution < -0.4 is 15.2 Å². The maximum Gasteiger partial charge on any atom is 0.260 e. The zero-order valence-corrected chi connectivity index (χ0v) is 32.7. The largest absolute Gasteiger partial charge is 0.463 e. The molecule has 14 heteroatoms. The Hall–Kier alpha value is -6.44. The van der Waals surface area contributed by atoms with E-state index in [2.05, 4.69) is 15.7 Å². The molecule has 9 rings (SSSR count). The normalized spacial score (nSPS) is 25.0. The topological polar surface area (TPSA) is 148 Å². The lowest BCUT2D eigenvalue weighted by atomic mass is 9.50. The lowest BCUT2D eigenvalue weighted by Crippen LogP contribution is -2.53. The molecule has 12 nitrogen and oxygen atoms in total. The van der Waals surface area contributed by atoms with Crippen LogP contribution in [0.1, 0.15) is 35.8 Å². The van der Waals surface area contributed by atoms with Crippen molar-refractivity contribution in [3.05, 3.63) is 149 Å². The molecule has 2 N–H and O–H groups in total. The number of aliphatic hydroxyl groups is 1. The predicted molar refractivity (Wildman–Crippen MR) is 218 cm³/mol. The van der Waals surface area contributed by atoms with Gasteiger partial charge in [0.15, 0.2) is 0 Å². The average molecular weight is 813 g/mol. The number of hydrogen-bond acceptors (Lipinski definition) is 10. The first kappa shape index (κ1) is 38.1. The fourth-order valence-electron chi connectivity index (χ4n) is 9.45. The van der Waals surface area contributed by atoms with Crippen molar-refractivity contribution in [3.8, 4) is 0 Å². The van der Waals surface area contributed by atoms with Gasteiger partial charge in [0.2, 0.25) is 11.8 Å². The van der Waals surface area contributed by atoms with Gasteiger partial charge in [-0.3, -0.25) is 29.5 Å².